The molecule has 1 aromatic heterocycles. The number of hydrogen-bond donors (Lipinski definition) is 1. The number of rotatable bonds is 4. The van der Waals surface area contributed by atoms with Gasteiger partial charge < -0.3 is 14.4 Å². The van der Waals surface area contributed by atoms with E-state index in [0.717, 1.165) is 25.7 Å². The van der Waals surface area contributed by atoms with Crippen molar-refractivity contribution in [3.63, 3.8) is 0 Å². The maximum absolute atomic E-state index is 4.01. The van der Waals surface area contributed by atoms with Gasteiger partial charge in [-0.2, -0.15) is 0 Å². The Labute approximate surface area is 361 Å². The van der Waals surface area contributed by atoms with Gasteiger partial charge in [0.05, 0.1) is 39.9 Å². The number of para-hydroxylation sites is 4. The molecule has 3 atom stereocenters. The summed E-state index contributed by atoms with van der Waals surface area (Å²) in [5.74, 6) is 0. The zero-order chi connectivity index (χ0) is 40.1. The molecule has 3 unspecified atom stereocenters. The predicted octanol–water partition coefficient (Wildman–Crippen LogP) is 13.2. The number of fused-ring (bicyclic) bond motifs is 13. The Hall–Kier alpha value is -6.53. The number of benzene rings is 6. The summed E-state index contributed by atoms with van der Waals surface area (Å²) in [6, 6.07) is 53.0. The van der Waals surface area contributed by atoms with Gasteiger partial charge >= 0.3 is 0 Å². The lowest BCUT2D eigenvalue weighted by atomic mass is 9.62. The molecule has 1 N–H and O–H groups in total. The lowest BCUT2D eigenvalue weighted by Gasteiger charge is -2.49. The number of hydrogen-bond acceptors (Lipinski definition) is 4. The van der Waals surface area contributed by atoms with Gasteiger partial charge in [0.25, 0.3) is 0 Å². The van der Waals surface area contributed by atoms with Gasteiger partial charge in [-0.15, -0.1) is 0 Å². The molecule has 7 aromatic rings. The summed E-state index contributed by atoms with van der Waals surface area (Å²) in [6.07, 6.45) is 25.1. The molecule has 3 aliphatic heterocycles. The third-order valence-corrected chi connectivity index (χ3v) is 15.1. The number of allylic oxidation sites excluding steroid dienone is 8. The van der Waals surface area contributed by atoms with Crippen LogP contribution in [0.1, 0.15) is 47.9 Å². The van der Waals surface area contributed by atoms with E-state index < -0.39 is 5.41 Å². The first kappa shape index (κ1) is 35.2. The molecular formula is C56H44N4S. The summed E-state index contributed by atoms with van der Waals surface area (Å²) in [5.41, 5.74) is 15.2. The molecule has 294 valence electrons. The van der Waals surface area contributed by atoms with Crippen molar-refractivity contribution in [2.24, 2.45) is 0 Å². The second kappa shape index (κ2) is 13.8. The molecule has 5 heteroatoms. The summed E-state index contributed by atoms with van der Waals surface area (Å²) in [6.45, 7) is 0. The summed E-state index contributed by atoms with van der Waals surface area (Å²) < 4.78 is 2.62. The van der Waals surface area contributed by atoms with E-state index in [4.69, 9.17) is 0 Å². The number of nitrogens with zero attached hydrogens (tertiary/aromatic N) is 3. The number of aromatic nitrogens is 1. The largest absolute Gasteiger partial charge is 0.344 e. The molecule has 13 rings (SSSR count). The predicted molar refractivity (Wildman–Crippen MR) is 254 cm³/mol. The molecule has 4 heterocycles. The highest BCUT2D eigenvalue weighted by Gasteiger charge is 2.51. The monoisotopic (exact) mass is 804 g/mol. The van der Waals surface area contributed by atoms with Crippen molar-refractivity contribution in [2.45, 2.75) is 59.1 Å². The molecule has 0 amide bonds. The van der Waals surface area contributed by atoms with E-state index in [9.17, 15) is 0 Å². The SMILES string of the molecule is C1=CC2NC(C3=CC=C(n4c5ccccc5c5ccc6c(c54)Sc4ccccc4C64c5ccccc5N(C5=CCCC=C5)c5ccccc54)CC3)N(c3ccccc3)C2C=C1. The van der Waals surface area contributed by atoms with Crippen LogP contribution in [0.4, 0.5) is 17.1 Å². The van der Waals surface area contributed by atoms with Crippen LogP contribution < -0.4 is 15.1 Å². The van der Waals surface area contributed by atoms with Crippen molar-refractivity contribution in [2.75, 3.05) is 9.80 Å². The fraction of sp³-hybridized carbons (Fsp3) is 0.143. The van der Waals surface area contributed by atoms with Gasteiger partial charge in [-0.1, -0.05) is 157 Å². The van der Waals surface area contributed by atoms with Crippen molar-refractivity contribution >= 4 is 56.3 Å². The summed E-state index contributed by atoms with van der Waals surface area (Å²) in [4.78, 5) is 7.75. The van der Waals surface area contributed by atoms with Crippen LogP contribution in [0.3, 0.4) is 0 Å². The van der Waals surface area contributed by atoms with Gasteiger partial charge in [-0.25, -0.2) is 0 Å². The van der Waals surface area contributed by atoms with E-state index >= 15 is 0 Å². The molecule has 1 saturated heterocycles. The summed E-state index contributed by atoms with van der Waals surface area (Å²) in [7, 11) is 0. The quantitative estimate of drug-likeness (QED) is 0.191. The minimum Gasteiger partial charge on any atom is -0.344 e. The molecule has 1 spiro atoms. The third kappa shape index (κ3) is 5.05. The van der Waals surface area contributed by atoms with E-state index in [1.54, 1.807) is 0 Å². The van der Waals surface area contributed by atoms with Crippen molar-refractivity contribution < 1.29 is 0 Å². The minimum atomic E-state index is -0.530. The van der Waals surface area contributed by atoms with Gasteiger partial charge in [0, 0.05) is 37.6 Å². The summed E-state index contributed by atoms with van der Waals surface area (Å²) in [5, 5.41) is 6.62. The Morgan fingerprint density at radius 2 is 1.36 bits per heavy atom. The molecule has 0 saturated carbocycles. The molecule has 6 aromatic carbocycles. The van der Waals surface area contributed by atoms with Crippen molar-refractivity contribution in [1.29, 1.82) is 0 Å². The molecular weight excluding hydrogens is 761 g/mol. The zero-order valence-electron chi connectivity index (χ0n) is 33.8. The normalized spacial score (nSPS) is 21.7. The van der Waals surface area contributed by atoms with E-state index in [1.807, 2.05) is 11.8 Å². The molecule has 6 aliphatic rings. The lowest BCUT2D eigenvalue weighted by molar-refractivity contribution is 0.620. The van der Waals surface area contributed by atoms with E-state index in [-0.39, 0.29) is 18.2 Å². The maximum Gasteiger partial charge on any atom is 0.103 e. The van der Waals surface area contributed by atoms with Crippen LogP contribution in [-0.4, -0.2) is 22.8 Å². The molecule has 61 heavy (non-hydrogen) atoms. The first-order valence-corrected chi connectivity index (χ1v) is 22.6. The fourth-order valence-electron chi connectivity index (χ4n) is 11.4. The van der Waals surface area contributed by atoms with E-state index in [1.165, 1.54) is 87.9 Å². The Bertz CT molecular complexity index is 3090. The van der Waals surface area contributed by atoms with Gasteiger partial charge in [0.2, 0.25) is 0 Å². The smallest absolute Gasteiger partial charge is 0.103 e. The molecule has 4 nitrogen and oxygen atoms in total. The second-order valence-corrected chi connectivity index (χ2v) is 18.1. The highest BCUT2D eigenvalue weighted by molar-refractivity contribution is 7.99. The first-order chi connectivity index (χ1) is 30.3. The van der Waals surface area contributed by atoms with Crippen LogP contribution in [0.5, 0.6) is 0 Å². The summed E-state index contributed by atoms with van der Waals surface area (Å²) >= 11 is 1.95. The molecule has 0 bridgehead atoms. The topological polar surface area (TPSA) is 23.4 Å². The van der Waals surface area contributed by atoms with E-state index in [2.05, 4.69) is 214 Å². The van der Waals surface area contributed by atoms with Crippen molar-refractivity contribution in [3.05, 3.63) is 228 Å². The first-order valence-electron chi connectivity index (χ1n) is 21.8. The van der Waals surface area contributed by atoms with Crippen LogP contribution in [-0.2, 0) is 5.41 Å². The van der Waals surface area contributed by atoms with Crippen LogP contribution in [0, 0.1) is 0 Å². The minimum absolute atomic E-state index is 0.117. The average Bonchev–Trinajstić information content (AvgIpc) is 3.89. The maximum atomic E-state index is 4.01. The van der Waals surface area contributed by atoms with Gasteiger partial charge in [-0.3, -0.25) is 5.32 Å². The number of nitrogens with one attached hydrogen (secondary N) is 1. The second-order valence-electron chi connectivity index (χ2n) is 17.0. The standard InChI is InChI=1S/C56H44N4S/c1-3-17-38(18-4-1)58-49-27-13-8-22-43(49)56(44-23-9-14-28-50(44)58)45-24-10-16-30-52(45)61-54-46(56)36-35-42-41-21-7-12-26-48(41)59(53(42)54)40-33-31-37(32-34-40)55-57-47-25-11-15-29-51(47)60(55)39-19-5-2-6-20-39/h2-3,5-31,33,35-36,47,51,55,57H,1,4,32,34H2. The molecule has 1 fully saturated rings. The molecule has 3 aliphatic carbocycles. The highest BCUT2D eigenvalue weighted by Crippen LogP contribution is 2.63. The number of anilines is 3. The van der Waals surface area contributed by atoms with Gasteiger partial charge in [0.15, 0.2) is 0 Å². The van der Waals surface area contributed by atoms with Gasteiger partial charge in [-0.05, 0) is 102 Å². The van der Waals surface area contributed by atoms with Gasteiger partial charge in [0.1, 0.15) is 6.17 Å². The Kier molecular flexibility index (Phi) is 7.95. The zero-order valence-corrected chi connectivity index (χ0v) is 34.6. The Morgan fingerprint density at radius 1 is 0.623 bits per heavy atom. The van der Waals surface area contributed by atoms with Crippen LogP contribution >= 0.6 is 11.8 Å². The lowest BCUT2D eigenvalue weighted by Crippen LogP contribution is -2.40. The third-order valence-electron chi connectivity index (χ3n) is 13.9. The Morgan fingerprint density at radius 3 is 2.15 bits per heavy atom. The highest BCUT2D eigenvalue weighted by atomic mass is 32.2. The van der Waals surface area contributed by atoms with Crippen molar-refractivity contribution in [3.8, 4) is 0 Å². The van der Waals surface area contributed by atoms with Crippen molar-refractivity contribution in [1.82, 2.24) is 9.88 Å². The molecule has 0 radical (unpaired) electrons. The fourth-order valence-corrected chi connectivity index (χ4v) is 12.8. The Balaban J connectivity index is 1.04. The van der Waals surface area contributed by atoms with E-state index in [0.29, 0.717) is 0 Å². The van der Waals surface area contributed by atoms with Crippen LogP contribution in [0.15, 0.2) is 215 Å². The average molecular weight is 805 g/mol. The van der Waals surface area contributed by atoms with Crippen LogP contribution in [0.25, 0.3) is 27.5 Å². The van der Waals surface area contributed by atoms with Crippen LogP contribution in [0.2, 0.25) is 0 Å².